The van der Waals surface area contributed by atoms with Gasteiger partial charge in [-0.05, 0) is 73.5 Å². The smallest absolute Gasteiger partial charge is 0.459 e. The molecule has 0 aliphatic rings. The Bertz CT molecular complexity index is 3750. The van der Waals surface area contributed by atoms with E-state index in [0.29, 0.717) is 86.3 Å². The summed E-state index contributed by atoms with van der Waals surface area (Å²) in [7, 11) is 8.16. The maximum absolute atomic E-state index is 13.8. The van der Waals surface area contributed by atoms with Crippen LogP contribution in [-0.2, 0) is 82.9 Å². The van der Waals surface area contributed by atoms with Gasteiger partial charge in [-0.2, -0.15) is 13.2 Å². The SMILES string of the molecule is CC(=O)Nc1ccc(OCCOCCOCCOCCOCCOCCC(=O)NCCCN(CCCNC(=O)CCNC(=O)c2cc(NC(=O)CCNC(=O)c3cc(NC(=O)c4cc(NC(=O)CCNC(=O)c5cc(NC(=O)c6cccn6C)cn5C)cn4C)cn3C)cn2C)C(F)(F)F)cc1. The van der Waals surface area contributed by atoms with E-state index in [0.717, 1.165) is 0 Å². The number of halogens is 3. The summed E-state index contributed by atoms with van der Waals surface area (Å²) < 4.78 is 81.9. The second-order valence-electron chi connectivity index (χ2n) is 23.2. The molecule has 0 bridgehead atoms. The molecule has 32 nitrogen and oxygen atoms in total. The third-order valence-corrected chi connectivity index (χ3v) is 15.0. The number of nitrogens with one attached hydrogen (secondary N) is 10. The van der Waals surface area contributed by atoms with Crippen LogP contribution in [0, 0.1) is 0 Å². The van der Waals surface area contributed by atoms with Crippen LogP contribution in [0.3, 0.4) is 0 Å². The van der Waals surface area contributed by atoms with Crippen LogP contribution in [-0.4, -0.2) is 212 Å². The van der Waals surface area contributed by atoms with Gasteiger partial charge in [-0.1, -0.05) is 0 Å². The van der Waals surface area contributed by atoms with Gasteiger partial charge in [-0.3, -0.25) is 47.9 Å². The average molecular weight is 1430 g/mol. The molecule has 0 aliphatic carbocycles. The molecule has 0 atom stereocenters. The Kier molecular flexibility index (Phi) is 33.2. The molecule has 6 aromatic rings. The van der Waals surface area contributed by atoms with E-state index in [1.807, 2.05) is 0 Å². The lowest BCUT2D eigenvalue weighted by Gasteiger charge is -2.24. The van der Waals surface area contributed by atoms with Crippen molar-refractivity contribution >= 4 is 87.5 Å². The monoisotopic (exact) mass is 1430 g/mol. The van der Waals surface area contributed by atoms with Crippen molar-refractivity contribution in [3.8, 4) is 5.75 Å². The number of hydrogen-bond donors (Lipinski definition) is 10. The quantitative estimate of drug-likeness (QED) is 0.0192. The Morgan fingerprint density at radius 2 is 0.745 bits per heavy atom. The summed E-state index contributed by atoms with van der Waals surface area (Å²) in [6, 6.07) is 16.3. The van der Waals surface area contributed by atoms with Crippen LogP contribution < -0.4 is 57.9 Å². The molecule has 10 amide bonds. The highest BCUT2D eigenvalue weighted by Gasteiger charge is 2.36. The number of rotatable bonds is 46. The number of alkyl halides is 3. The van der Waals surface area contributed by atoms with Gasteiger partial charge in [0.2, 0.25) is 29.5 Å². The fraction of sp³-hybridized carbons (Fsp3) is 0.463. The third-order valence-electron chi connectivity index (χ3n) is 15.0. The Hall–Kier alpha value is -10.3. The van der Waals surface area contributed by atoms with Crippen LogP contribution in [0.5, 0.6) is 5.75 Å². The zero-order valence-corrected chi connectivity index (χ0v) is 58.0. The number of benzene rings is 1. The summed E-state index contributed by atoms with van der Waals surface area (Å²) in [4.78, 5) is 127. The van der Waals surface area contributed by atoms with Crippen molar-refractivity contribution in [2.45, 2.75) is 51.7 Å². The van der Waals surface area contributed by atoms with Crippen molar-refractivity contribution in [3.05, 3.63) is 120 Å². The molecule has 10 N–H and O–H groups in total. The maximum Gasteiger partial charge on any atom is 0.459 e. The molecule has 5 heterocycles. The number of aromatic nitrogens is 5. The van der Waals surface area contributed by atoms with E-state index < -0.39 is 54.2 Å². The van der Waals surface area contributed by atoms with Crippen molar-refractivity contribution in [2.75, 3.05) is 145 Å². The summed E-state index contributed by atoms with van der Waals surface area (Å²) in [5.41, 5.74) is 3.20. The molecular weight excluding hydrogens is 1340 g/mol. The highest BCUT2D eigenvalue weighted by atomic mass is 19.4. The largest absolute Gasteiger partial charge is 0.491 e. The van der Waals surface area contributed by atoms with Crippen LogP contribution in [0.1, 0.15) is 97.9 Å². The maximum atomic E-state index is 13.8. The predicted molar refractivity (Wildman–Crippen MR) is 369 cm³/mol. The van der Waals surface area contributed by atoms with E-state index in [4.69, 9.17) is 28.4 Å². The summed E-state index contributed by atoms with van der Waals surface area (Å²) in [6.45, 7) is 4.01. The topological polar surface area (TPSA) is 374 Å². The molecule has 0 fully saturated rings. The Morgan fingerprint density at radius 3 is 1.14 bits per heavy atom. The zero-order valence-electron chi connectivity index (χ0n) is 58.0. The molecular formula is C67H91F3N16O16. The van der Waals surface area contributed by atoms with Gasteiger partial charge in [-0.15, -0.1) is 0 Å². The standard InChI is InChI=1S/C67H91F3N16O16/c1-46(87)76-47-11-13-52(14-12-47)102-37-36-101-35-34-100-33-32-99-31-30-98-29-28-97-27-18-59(89)72-20-9-26-86(67(68,69)70)25-8-19-71-58(88)15-21-73-62(92)54-38-48(42-82(54)3)77-60(90)16-22-75-64(94)56-41-51(45-84(56)5)80-66(96)57-39-49(43-85(57)6)78-61(91)17-23-74-63(93)55-40-50(44-83(55)4)79-65(95)53-10-7-24-81(53)2/h7,10-14,24,38-45H,8-9,15-23,25-37H2,1-6H3,(H,71,88)(H,72,89)(H,73,92)(H,74,93)(H,75,94)(H,76,87)(H,77,90)(H,78,91)(H,79,95)(H,80,96). The third kappa shape index (κ3) is 28.7. The minimum absolute atomic E-state index is 0.00513. The molecule has 102 heavy (non-hydrogen) atoms. The highest BCUT2D eigenvalue weighted by Crippen LogP contribution is 2.23. The zero-order chi connectivity index (χ0) is 74.0. The van der Waals surface area contributed by atoms with Gasteiger partial charge in [0.15, 0.2) is 0 Å². The van der Waals surface area contributed by atoms with Gasteiger partial charge < -0.3 is 104 Å². The minimum Gasteiger partial charge on any atom is -0.491 e. The van der Waals surface area contributed by atoms with E-state index in [1.165, 1.54) is 63.5 Å². The van der Waals surface area contributed by atoms with E-state index in [1.54, 1.807) is 93.2 Å². The summed E-state index contributed by atoms with van der Waals surface area (Å²) in [5.74, 6) is -3.71. The highest BCUT2D eigenvalue weighted by molar-refractivity contribution is 6.06. The number of amides is 10. The van der Waals surface area contributed by atoms with Crippen molar-refractivity contribution in [3.63, 3.8) is 0 Å². The summed E-state index contributed by atoms with van der Waals surface area (Å²) in [5, 5.41) is 26.7. The Morgan fingerprint density at radius 1 is 0.382 bits per heavy atom. The van der Waals surface area contributed by atoms with Crippen LogP contribution in [0.25, 0.3) is 0 Å². The van der Waals surface area contributed by atoms with E-state index in [-0.39, 0.29) is 149 Å². The molecule has 0 radical (unpaired) electrons. The summed E-state index contributed by atoms with van der Waals surface area (Å²) in [6.07, 6.45) is 2.86. The number of hydrogen-bond acceptors (Lipinski definition) is 17. The molecule has 0 saturated carbocycles. The molecule has 0 unspecified atom stereocenters. The van der Waals surface area contributed by atoms with Crippen molar-refractivity contribution in [1.82, 2.24) is 54.3 Å². The first-order valence-corrected chi connectivity index (χ1v) is 32.9. The lowest BCUT2D eigenvalue weighted by atomic mass is 10.3. The second kappa shape index (κ2) is 42.1. The van der Waals surface area contributed by atoms with Gasteiger partial charge in [0.25, 0.3) is 29.5 Å². The van der Waals surface area contributed by atoms with Crippen LogP contribution in [0.2, 0.25) is 0 Å². The van der Waals surface area contributed by atoms with Gasteiger partial charge in [0, 0.05) is 150 Å². The second-order valence-corrected chi connectivity index (χ2v) is 23.2. The fourth-order valence-corrected chi connectivity index (χ4v) is 9.85. The molecule has 6 rings (SSSR count). The van der Waals surface area contributed by atoms with E-state index >= 15 is 0 Å². The van der Waals surface area contributed by atoms with Gasteiger partial charge >= 0.3 is 6.30 Å². The van der Waals surface area contributed by atoms with Crippen LogP contribution in [0.4, 0.5) is 41.6 Å². The first-order chi connectivity index (χ1) is 48.8. The fourth-order valence-electron chi connectivity index (χ4n) is 9.85. The van der Waals surface area contributed by atoms with Gasteiger partial charge in [-0.25, -0.2) is 4.90 Å². The predicted octanol–water partition coefficient (Wildman–Crippen LogP) is 3.87. The molecule has 5 aromatic heterocycles. The average Bonchev–Trinajstić information content (AvgIpc) is 1.70. The van der Waals surface area contributed by atoms with Gasteiger partial charge in [0.1, 0.15) is 40.8 Å². The molecule has 1 aromatic carbocycles. The summed E-state index contributed by atoms with van der Waals surface area (Å²) >= 11 is 0. The normalized spacial score (nSPS) is 11.2. The number of carbonyl (C=O) groups excluding carboxylic acids is 10. The number of anilines is 5. The van der Waals surface area contributed by atoms with Gasteiger partial charge in [0.05, 0.1) is 88.8 Å². The van der Waals surface area contributed by atoms with Crippen LogP contribution >= 0.6 is 0 Å². The minimum atomic E-state index is -4.64. The number of carbonyl (C=O) groups is 10. The van der Waals surface area contributed by atoms with E-state index in [2.05, 4.69) is 53.2 Å². The molecule has 0 spiro atoms. The number of aryl methyl sites for hydroxylation is 5. The van der Waals surface area contributed by atoms with Crippen molar-refractivity contribution in [1.29, 1.82) is 0 Å². The number of nitrogens with zero attached hydrogens (tertiary/aromatic N) is 6. The van der Waals surface area contributed by atoms with Crippen molar-refractivity contribution < 1.29 is 89.5 Å². The Labute approximate surface area is 587 Å². The molecule has 556 valence electrons. The Balaban J connectivity index is 0.743. The lowest BCUT2D eigenvalue weighted by Crippen LogP contribution is -2.41. The van der Waals surface area contributed by atoms with E-state index in [9.17, 15) is 61.1 Å². The number of ether oxygens (including phenoxy) is 6. The molecule has 35 heteroatoms. The first-order valence-electron chi connectivity index (χ1n) is 32.9. The molecule has 0 saturated heterocycles. The first kappa shape index (κ1) is 80.6. The lowest BCUT2D eigenvalue weighted by molar-refractivity contribution is -0.245. The van der Waals surface area contributed by atoms with Crippen LogP contribution in [0.15, 0.2) is 91.6 Å². The van der Waals surface area contributed by atoms with Crippen molar-refractivity contribution in [2.24, 2.45) is 35.2 Å². The molecule has 0 aliphatic heterocycles.